The van der Waals surface area contributed by atoms with Gasteiger partial charge < -0.3 is 10.3 Å². The highest BCUT2D eigenvalue weighted by Gasteiger charge is 2.17. The van der Waals surface area contributed by atoms with E-state index in [9.17, 15) is 0 Å². The summed E-state index contributed by atoms with van der Waals surface area (Å²) in [5.41, 5.74) is 7.59. The molecule has 3 aromatic rings. The van der Waals surface area contributed by atoms with Crippen molar-refractivity contribution in [3.05, 3.63) is 52.5 Å². The molecule has 0 aliphatic heterocycles. The first kappa shape index (κ1) is 13.0. The molecule has 0 amide bonds. The average molecular weight is 306 g/mol. The normalized spacial score (nSPS) is 10.7. The first-order valence-corrected chi connectivity index (χ1v) is 6.55. The molecule has 0 radical (unpaired) electrons. The maximum Gasteiger partial charge on any atom is 0.261 e. The SMILES string of the molecule is Nc1cccc(Cl)c1-c1nc(-c2ccccc2Cl)no1. The zero-order chi connectivity index (χ0) is 14.1. The van der Waals surface area contributed by atoms with Crippen LogP contribution in [-0.2, 0) is 0 Å². The largest absolute Gasteiger partial charge is 0.398 e. The van der Waals surface area contributed by atoms with E-state index in [0.29, 0.717) is 32.7 Å². The van der Waals surface area contributed by atoms with Gasteiger partial charge in [0, 0.05) is 11.3 Å². The van der Waals surface area contributed by atoms with E-state index in [0.717, 1.165) is 0 Å². The van der Waals surface area contributed by atoms with Gasteiger partial charge in [0.25, 0.3) is 5.89 Å². The topological polar surface area (TPSA) is 64.9 Å². The van der Waals surface area contributed by atoms with Crippen molar-refractivity contribution in [2.45, 2.75) is 0 Å². The minimum Gasteiger partial charge on any atom is -0.398 e. The Labute approximate surface area is 125 Å². The highest BCUT2D eigenvalue weighted by Crippen LogP contribution is 2.34. The molecule has 0 atom stereocenters. The number of nitrogen functional groups attached to an aromatic ring is 1. The highest BCUT2D eigenvalue weighted by atomic mass is 35.5. The van der Waals surface area contributed by atoms with E-state index < -0.39 is 0 Å². The van der Waals surface area contributed by atoms with Crippen molar-refractivity contribution in [2.75, 3.05) is 5.73 Å². The third kappa shape index (κ3) is 2.24. The molecule has 0 saturated heterocycles. The third-order valence-corrected chi connectivity index (χ3v) is 3.45. The summed E-state index contributed by atoms with van der Waals surface area (Å²) in [6, 6.07) is 12.4. The van der Waals surface area contributed by atoms with Crippen LogP contribution in [0.5, 0.6) is 0 Å². The molecule has 6 heteroatoms. The summed E-state index contributed by atoms with van der Waals surface area (Å²) in [7, 11) is 0. The number of rotatable bonds is 2. The van der Waals surface area contributed by atoms with Crippen LogP contribution in [0.4, 0.5) is 5.69 Å². The summed E-state index contributed by atoms with van der Waals surface area (Å²) in [5, 5.41) is 4.93. The lowest BCUT2D eigenvalue weighted by Gasteiger charge is -2.01. The van der Waals surface area contributed by atoms with Crippen LogP contribution in [-0.4, -0.2) is 10.1 Å². The highest BCUT2D eigenvalue weighted by molar-refractivity contribution is 6.34. The fourth-order valence-corrected chi connectivity index (χ4v) is 2.33. The molecule has 0 saturated carbocycles. The van der Waals surface area contributed by atoms with Crippen LogP contribution in [0.25, 0.3) is 22.8 Å². The van der Waals surface area contributed by atoms with Crippen molar-refractivity contribution >= 4 is 28.9 Å². The number of hydrogen-bond donors (Lipinski definition) is 1. The Morgan fingerprint density at radius 3 is 2.45 bits per heavy atom. The van der Waals surface area contributed by atoms with Crippen LogP contribution in [0.15, 0.2) is 47.0 Å². The zero-order valence-corrected chi connectivity index (χ0v) is 11.7. The van der Waals surface area contributed by atoms with Gasteiger partial charge in [0.15, 0.2) is 0 Å². The summed E-state index contributed by atoms with van der Waals surface area (Å²) in [5.74, 6) is 0.660. The predicted molar refractivity (Wildman–Crippen MR) is 79.6 cm³/mol. The van der Waals surface area contributed by atoms with Gasteiger partial charge in [0.05, 0.1) is 15.6 Å². The standard InChI is InChI=1S/C14H9Cl2N3O/c15-9-5-2-1-4-8(9)13-18-14(20-19-13)12-10(16)6-3-7-11(12)17/h1-7H,17H2. The quantitative estimate of drug-likeness (QED) is 0.717. The number of aromatic nitrogens is 2. The van der Waals surface area contributed by atoms with Gasteiger partial charge in [-0.2, -0.15) is 4.98 Å². The van der Waals surface area contributed by atoms with Gasteiger partial charge in [0.2, 0.25) is 5.82 Å². The first-order valence-electron chi connectivity index (χ1n) is 5.80. The van der Waals surface area contributed by atoms with E-state index in [4.69, 9.17) is 33.5 Å². The molecular formula is C14H9Cl2N3O. The molecule has 0 spiro atoms. The van der Waals surface area contributed by atoms with Crippen LogP contribution >= 0.6 is 23.2 Å². The summed E-state index contributed by atoms with van der Waals surface area (Å²) >= 11 is 12.2. The van der Waals surface area contributed by atoms with Gasteiger partial charge >= 0.3 is 0 Å². The van der Waals surface area contributed by atoms with Crippen molar-refractivity contribution in [1.29, 1.82) is 0 Å². The Bertz CT molecular complexity index is 750. The van der Waals surface area contributed by atoms with E-state index >= 15 is 0 Å². The Kier molecular flexibility index (Phi) is 3.34. The molecule has 0 aliphatic rings. The van der Waals surface area contributed by atoms with E-state index in [1.165, 1.54) is 0 Å². The number of anilines is 1. The fraction of sp³-hybridized carbons (Fsp3) is 0. The van der Waals surface area contributed by atoms with E-state index in [2.05, 4.69) is 10.1 Å². The fourth-order valence-electron chi connectivity index (χ4n) is 1.84. The van der Waals surface area contributed by atoms with Crippen LogP contribution in [0.3, 0.4) is 0 Å². The molecule has 4 nitrogen and oxygen atoms in total. The van der Waals surface area contributed by atoms with Crippen molar-refractivity contribution < 1.29 is 4.52 Å². The lowest BCUT2D eigenvalue weighted by molar-refractivity contribution is 0.432. The van der Waals surface area contributed by atoms with Crippen LogP contribution in [0.1, 0.15) is 0 Å². The van der Waals surface area contributed by atoms with E-state index in [1.807, 2.05) is 18.2 Å². The van der Waals surface area contributed by atoms with Crippen molar-refractivity contribution in [3.63, 3.8) is 0 Å². The molecule has 0 aliphatic carbocycles. The molecular weight excluding hydrogens is 297 g/mol. The monoisotopic (exact) mass is 305 g/mol. The van der Waals surface area contributed by atoms with E-state index in [-0.39, 0.29) is 5.89 Å². The Balaban J connectivity index is 2.10. The lowest BCUT2D eigenvalue weighted by atomic mass is 10.2. The zero-order valence-electron chi connectivity index (χ0n) is 10.2. The number of halogens is 2. The summed E-state index contributed by atoms with van der Waals surface area (Å²) < 4.78 is 5.24. The maximum atomic E-state index is 6.12. The second-order valence-corrected chi connectivity index (χ2v) is 4.92. The summed E-state index contributed by atoms with van der Waals surface area (Å²) in [6.07, 6.45) is 0. The molecule has 100 valence electrons. The Morgan fingerprint density at radius 2 is 1.70 bits per heavy atom. The molecule has 0 unspecified atom stereocenters. The molecule has 1 aromatic heterocycles. The predicted octanol–water partition coefficient (Wildman–Crippen LogP) is 4.29. The molecule has 3 rings (SSSR count). The van der Waals surface area contributed by atoms with Crippen molar-refractivity contribution in [2.24, 2.45) is 0 Å². The number of nitrogens with two attached hydrogens (primary N) is 1. The number of benzene rings is 2. The minimum atomic E-state index is 0.267. The second-order valence-electron chi connectivity index (χ2n) is 4.11. The average Bonchev–Trinajstić information content (AvgIpc) is 2.88. The smallest absolute Gasteiger partial charge is 0.261 e. The van der Waals surface area contributed by atoms with Crippen LogP contribution in [0.2, 0.25) is 10.0 Å². The molecule has 2 aromatic carbocycles. The maximum absolute atomic E-state index is 6.12. The second kappa shape index (κ2) is 5.15. The van der Waals surface area contributed by atoms with Gasteiger partial charge in [0.1, 0.15) is 0 Å². The van der Waals surface area contributed by atoms with Crippen LogP contribution in [0, 0.1) is 0 Å². The number of nitrogens with zero attached hydrogens (tertiary/aromatic N) is 2. The van der Waals surface area contributed by atoms with Gasteiger partial charge in [-0.05, 0) is 24.3 Å². The molecule has 2 N–H and O–H groups in total. The molecule has 0 fully saturated rings. The number of hydrogen-bond acceptors (Lipinski definition) is 4. The Hall–Kier alpha value is -2.04. The van der Waals surface area contributed by atoms with Gasteiger partial charge in [-0.1, -0.05) is 46.6 Å². The lowest BCUT2D eigenvalue weighted by Crippen LogP contribution is -1.91. The van der Waals surface area contributed by atoms with Crippen molar-refractivity contribution in [3.8, 4) is 22.8 Å². The molecule has 0 bridgehead atoms. The molecule has 1 heterocycles. The van der Waals surface area contributed by atoms with Crippen molar-refractivity contribution in [1.82, 2.24) is 10.1 Å². The molecule has 20 heavy (non-hydrogen) atoms. The Morgan fingerprint density at radius 1 is 0.950 bits per heavy atom. The first-order chi connectivity index (χ1) is 9.66. The third-order valence-electron chi connectivity index (χ3n) is 2.80. The van der Waals surface area contributed by atoms with Gasteiger partial charge in [-0.15, -0.1) is 0 Å². The minimum absolute atomic E-state index is 0.267. The summed E-state index contributed by atoms with van der Waals surface area (Å²) in [6.45, 7) is 0. The van der Waals surface area contributed by atoms with Crippen LogP contribution < -0.4 is 5.73 Å². The summed E-state index contributed by atoms with van der Waals surface area (Å²) in [4.78, 5) is 4.31. The van der Waals surface area contributed by atoms with E-state index in [1.54, 1.807) is 24.3 Å². The van der Waals surface area contributed by atoms with Gasteiger partial charge in [-0.25, -0.2) is 0 Å². The van der Waals surface area contributed by atoms with Gasteiger partial charge in [-0.3, -0.25) is 0 Å².